The number of fused-ring (bicyclic) bond motifs is 3. The van der Waals surface area contributed by atoms with Gasteiger partial charge >= 0.3 is 0 Å². The topological polar surface area (TPSA) is 26.3 Å². The molecule has 0 N–H and O–H groups in total. The van der Waals surface area contributed by atoms with Gasteiger partial charge in [0.05, 0.1) is 12.2 Å². The van der Waals surface area contributed by atoms with Crippen LogP contribution in [0.5, 0.6) is 5.75 Å². The lowest BCUT2D eigenvalue weighted by molar-refractivity contribution is 0.0933. The summed E-state index contributed by atoms with van der Waals surface area (Å²) in [4.78, 5) is 11.9. The summed E-state index contributed by atoms with van der Waals surface area (Å²) in [5.41, 5.74) is 2.90. The van der Waals surface area contributed by atoms with Crippen LogP contribution in [-0.4, -0.2) is 12.4 Å². The van der Waals surface area contributed by atoms with Gasteiger partial charge in [0.25, 0.3) is 0 Å². The molecule has 2 heteroatoms. The van der Waals surface area contributed by atoms with Crippen molar-refractivity contribution in [1.82, 2.24) is 0 Å². The Morgan fingerprint density at radius 2 is 1.94 bits per heavy atom. The predicted molar refractivity (Wildman–Crippen MR) is 72.7 cm³/mol. The van der Waals surface area contributed by atoms with Crippen molar-refractivity contribution in [3.8, 4) is 5.75 Å². The molecular weight excluding hydrogens is 224 g/mol. The van der Waals surface area contributed by atoms with E-state index < -0.39 is 0 Å². The highest BCUT2D eigenvalue weighted by molar-refractivity contribution is 6.01. The van der Waals surface area contributed by atoms with Crippen LogP contribution in [0.3, 0.4) is 0 Å². The molecule has 0 aromatic heterocycles. The molecular formula is C16H16O2. The summed E-state index contributed by atoms with van der Waals surface area (Å²) < 4.78 is 5.71. The lowest BCUT2D eigenvalue weighted by Crippen LogP contribution is -2.16. The first-order valence-electron chi connectivity index (χ1n) is 6.28. The summed E-state index contributed by atoms with van der Waals surface area (Å²) in [5, 5.41) is 0. The van der Waals surface area contributed by atoms with Crippen LogP contribution in [0, 0.1) is 5.41 Å². The van der Waals surface area contributed by atoms with Crippen molar-refractivity contribution in [3.05, 3.63) is 41.0 Å². The van der Waals surface area contributed by atoms with E-state index in [0.29, 0.717) is 13.0 Å². The summed E-state index contributed by atoms with van der Waals surface area (Å²) in [6, 6.07) is 3.88. The quantitative estimate of drug-likeness (QED) is 0.691. The molecule has 0 saturated heterocycles. The number of carbonyl (C=O) groups is 1. The second-order valence-corrected chi connectivity index (χ2v) is 5.45. The van der Waals surface area contributed by atoms with Crippen LogP contribution in [0.2, 0.25) is 0 Å². The SMILES string of the molecule is CC1(C)C=Cc2ccc3c(c2C=C1)OCCC3=O. The molecule has 1 heterocycles. The molecule has 2 nitrogen and oxygen atoms in total. The second-order valence-electron chi connectivity index (χ2n) is 5.45. The molecule has 1 aliphatic heterocycles. The molecule has 1 aromatic rings. The molecule has 0 saturated carbocycles. The van der Waals surface area contributed by atoms with Gasteiger partial charge in [-0.3, -0.25) is 4.79 Å². The Labute approximate surface area is 107 Å². The maximum atomic E-state index is 11.9. The van der Waals surface area contributed by atoms with Crippen molar-refractivity contribution in [2.45, 2.75) is 20.3 Å². The van der Waals surface area contributed by atoms with Gasteiger partial charge in [0.15, 0.2) is 5.78 Å². The number of hydrogen-bond acceptors (Lipinski definition) is 2. The standard InChI is InChI=1S/C16H16O2/c1-16(2)8-5-11-3-4-13-14(17)7-10-18-15(13)12(11)6-9-16/h3-6,8-9H,7,10H2,1-2H3. The zero-order chi connectivity index (χ0) is 12.8. The monoisotopic (exact) mass is 240 g/mol. The van der Waals surface area contributed by atoms with E-state index in [4.69, 9.17) is 4.74 Å². The van der Waals surface area contributed by atoms with Crippen LogP contribution in [0.25, 0.3) is 12.2 Å². The third-order valence-corrected chi connectivity index (χ3v) is 3.48. The van der Waals surface area contributed by atoms with E-state index in [1.165, 1.54) is 0 Å². The third kappa shape index (κ3) is 1.78. The van der Waals surface area contributed by atoms with Crippen molar-refractivity contribution >= 4 is 17.9 Å². The van der Waals surface area contributed by atoms with Crippen LogP contribution in [0.15, 0.2) is 24.3 Å². The molecule has 0 unspecified atom stereocenters. The number of ketones is 1. The van der Waals surface area contributed by atoms with E-state index in [9.17, 15) is 4.79 Å². The van der Waals surface area contributed by atoms with Gasteiger partial charge in [-0.05, 0) is 11.6 Å². The van der Waals surface area contributed by atoms with Gasteiger partial charge in [-0.15, -0.1) is 0 Å². The van der Waals surface area contributed by atoms with Crippen molar-refractivity contribution in [2.75, 3.05) is 6.61 Å². The minimum absolute atomic E-state index is 0.0323. The van der Waals surface area contributed by atoms with E-state index in [1.54, 1.807) is 0 Å². The van der Waals surface area contributed by atoms with Gasteiger partial charge in [0.2, 0.25) is 0 Å². The van der Waals surface area contributed by atoms with Gasteiger partial charge in [-0.1, -0.05) is 44.2 Å². The molecule has 92 valence electrons. The van der Waals surface area contributed by atoms with Gasteiger partial charge in [0, 0.05) is 17.4 Å². The lowest BCUT2D eigenvalue weighted by atomic mass is 9.93. The smallest absolute Gasteiger partial charge is 0.170 e. The highest BCUT2D eigenvalue weighted by atomic mass is 16.5. The summed E-state index contributed by atoms with van der Waals surface area (Å²) >= 11 is 0. The average Bonchev–Trinajstić information content (AvgIpc) is 2.49. The summed E-state index contributed by atoms with van der Waals surface area (Å²) in [7, 11) is 0. The Balaban J connectivity index is 2.21. The molecule has 0 radical (unpaired) electrons. The van der Waals surface area contributed by atoms with Crippen LogP contribution in [-0.2, 0) is 0 Å². The molecule has 0 bridgehead atoms. The molecule has 1 aromatic carbocycles. The van der Waals surface area contributed by atoms with E-state index in [-0.39, 0.29) is 11.2 Å². The molecule has 2 aliphatic rings. The van der Waals surface area contributed by atoms with E-state index in [0.717, 1.165) is 22.4 Å². The van der Waals surface area contributed by atoms with Crippen LogP contribution < -0.4 is 4.74 Å². The summed E-state index contributed by atoms with van der Waals surface area (Å²) in [6.07, 6.45) is 8.99. The number of ether oxygens (including phenoxy) is 1. The van der Waals surface area contributed by atoms with Gasteiger partial charge < -0.3 is 4.74 Å². The van der Waals surface area contributed by atoms with E-state index in [2.05, 4.69) is 38.2 Å². The van der Waals surface area contributed by atoms with E-state index >= 15 is 0 Å². The largest absolute Gasteiger partial charge is 0.492 e. The molecule has 1 aliphatic carbocycles. The first-order valence-corrected chi connectivity index (χ1v) is 6.28. The van der Waals surface area contributed by atoms with Gasteiger partial charge in [-0.2, -0.15) is 0 Å². The number of benzene rings is 1. The number of allylic oxidation sites excluding steroid dienone is 2. The Kier molecular flexibility index (Phi) is 2.40. The summed E-state index contributed by atoms with van der Waals surface area (Å²) in [5.74, 6) is 0.933. The Bertz CT molecular complexity index is 577. The fourth-order valence-electron chi connectivity index (χ4n) is 2.35. The fraction of sp³-hybridized carbons (Fsp3) is 0.312. The van der Waals surface area contributed by atoms with Gasteiger partial charge in [0.1, 0.15) is 5.75 Å². The van der Waals surface area contributed by atoms with Crippen LogP contribution in [0.1, 0.15) is 41.8 Å². The second kappa shape index (κ2) is 3.84. The maximum Gasteiger partial charge on any atom is 0.170 e. The average molecular weight is 240 g/mol. The number of Topliss-reactive ketones (excluding diaryl/α,β-unsaturated/α-hetero) is 1. The van der Waals surface area contributed by atoms with Crippen molar-refractivity contribution in [2.24, 2.45) is 5.41 Å². The van der Waals surface area contributed by atoms with Crippen LogP contribution in [0.4, 0.5) is 0 Å². The Morgan fingerprint density at radius 3 is 2.78 bits per heavy atom. The molecule has 18 heavy (non-hydrogen) atoms. The first-order chi connectivity index (χ1) is 8.57. The van der Waals surface area contributed by atoms with E-state index in [1.807, 2.05) is 12.1 Å². The molecule has 0 spiro atoms. The van der Waals surface area contributed by atoms with Crippen molar-refractivity contribution < 1.29 is 9.53 Å². The number of hydrogen-bond donors (Lipinski definition) is 0. The third-order valence-electron chi connectivity index (χ3n) is 3.48. The minimum Gasteiger partial charge on any atom is -0.492 e. The molecule has 0 atom stereocenters. The van der Waals surface area contributed by atoms with Gasteiger partial charge in [-0.25, -0.2) is 0 Å². The number of carbonyl (C=O) groups excluding carboxylic acids is 1. The Hall–Kier alpha value is -1.83. The van der Waals surface area contributed by atoms with Crippen molar-refractivity contribution in [3.63, 3.8) is 0 Å². The zero-order valence-electron chi connectivity index (χ0n) is 10.7. The zero-order valence-corrected chi connectivity index (χ0v) is 10.7. The maximum absolute atomic E-state index is 11.9. The molecule has 0 fully saturated rings. The normalized spacial score (nSPS) is 19.8. The fourth-order valence-corrected chi connectivity index (χ4v) is 2.35. The highest BCUT2D eigenvalue weighted by Gasteiger charge is 2.23. The number of rotatable bonds is 0. The molecule has 3 rings (SSSR count). The first kappa shape index (κ1) is 11.3. The van der Waals surface area contributed by atoms with Crippen LogP contribution >= 0.6 is 0 Å². The molecule has 0 amide bonds. The Morgan fingerprint density at radius 1 is 1.17 bits per heavy atom. The minimum atomic E-state index is 0.0323. The lowest BCUT2D eigenvalue weighted by Gasteiger charge is -2.19. The summed E-state index contributed by atoms with van der Waals surface area (Å²) in [6.45, 7) is 4.80. The highest BCUT2D eigenvalue weighted by Crippen LogP contribution is 2.36. The predicted octanol–water partition coefficient (Wildman–Crippen LogP) is 3.72. The van der Waals surface area contributed by atoms with Crippen molar-refractivity contribution in [1.29, 1.82) is 0 Å².